The second-order valence-electron chi connectivity index (χ2n) is 5.99. The predicted molar refractivity (Wildman–Crippen MR) is 86.0 cm³/mol. The summed E-state index contributed by atoms with van der Waals surface area (Å²) >= 11 is 0. The maximum absolute atomic E-state index is 12.0. The van der Waals surface area contributed by atoms with E-state index in [0.717, 1.165) is 30.5 Å². The van der Waals surface area contributed by atoms with E-state index in [-0.39, 0.29) is 18.1 Å². The van der Waals surface area contributed by atoms with Crippen molar-refractivity contribution in [2.75, 3.05) is 0 Å². The number of amides is 1. The van der Waals surface area contributed by atoms with E-state index in [4.69, 9.17) is 4.74 Å². The zero-order valence-corrected chi connectivity index (χ0v) is 13.3. The van der Waals surface area contributed by atoms with Gasteiger partial charge in [-0.15, -0.1) is 0 Å². The van der Waals surface area contributed by atoms with E-state index in [1.165, 1.54) is 6.33 Å². The molecule has 1 aliphatic rings. The van der Waals surface area contributed by atoms with Crippen molar-refractivity contribution in [1.29, 1.82) is 0 Å². The molecule has 1 aliphatic heterocycles. The van der Waals surface area contributed by atoms with Crippen LogP contribution >= 0.6 is 0 Å². The molecule has 2 atom stereocenters. The second kappa shape index (κ2) is 7.37. The standard InChI is InChI=1S/C17H22N4O2/c1-13-3-2-4-16(23-13)9-17(22)19-10-14-5-7-15(8-6-14)21-12-18-11-20-21/h5-8,11-13,16H,2-4,9-10H2,1H3,(H,19,22)/t13-,16-/m1/s1. The third-order valence-electron chi connectivity index (χ3n) is 4.08. The molecule has 0 radical (unpaired) electrons. The first-order valence-electron chi connectivity index (χ1n) is 8.07. The molecule has 0 spiro atoms. The quantitative estimate of drug-likeness (QED) is 0.919. The number of nitrogens with zero attached hydrogens (tertiary/aromatic N) is 3. The van der Waals surface area contributed by atoms with Crippen molar-refractivity contribution >= 4 is 5.91 Å². The topological polar surface area (TPSA) is 69.0 Å². The Morgan fingerprint density at radius 3 is 2.87 bits per heavy atom. The van der Waals surface area contributed by atoms with Gasteiger partial charge in [-0.1, -0.05) is 12.1 Å². The van der Waals surface area contributed by atoms with Gasteiger partial charge in [-0.25, -0.2) is 9.67 Å². The van der Waals surface area contributed by atoms with Crippen LogP contribution in [0.15, 0.2) is 36.9 Å². The van der Waals surface area contributed by atoms with Crippen LogP contribution in [0.2, 0.25) is 0 Å². The lowest BCUT2D eigenvalue weighted by atomic mass is 10.0. The van der Waals surface area contributed by atoms with E-state index in [9.17, 15) is 4.79 Å². The number of hydrogen-bond donors (Lipinski definition) is 1. The van der Waals surface area contributed by atoms with Crippen molar-refractivity contribution in [3.8, 4) is 5.69 Å². The highest BCUT2D eigenvalue weighted by Gasteiger charge is 2.21. The molecule has 1 aromatic heterocycles. The first-order chi connectivity index (χ1) is 11.2. The fourth-order valence-electron chi connectivity index (χ4n) is 2.84. The Bertz CT molecular complexity index is 625. The summed E-state index contributed by atoms with van der Waals surface area (Å²) in [5, 5.41) is 7.04. The molecule has 2 aromatic rings. The van der Waals surface area contributed by atoms with Crippen molar-refractivity contribution < 1.29 is 9.53 Å². The number of hydrogen-bond acceptors (Lipinski definition) is 4. The molecule has 1 fully saturated rings. The number of carbonyl (C=O) groups is 1. The Kier molecular flexibility index (Phi) is 5.02. The van der Waals surface area contributed by atoms with E-state index in [0.29, 0.717) is 13.0 Å². The summed E-state index contributed by atoms with van der Waals surface area (Å²) in [4.78, 5) is 16.0. The van der Waals surface area contributed by atoms with Gasteiger partial charge in [0.05, 0.1) is 24.3 Å². The zero-order chi connectivity index (χ0) is 16.1. The van der Waals surface area contributed by atoms with Gasteiger partial charge in [0.15, 0.2) is 0 Å². The Morgan fingerprint density at radius 1 is 1.35 bits per heavy atom. The highest BCUT2D eigenvalue weighted by atomic mass is 16.5. The molecule has 0 saturated carbocycles. The van der Waals surface area contributed by atoms with Crippen LogP contribution in [0.4, 0.5) is 0 Å². The largest absolute Gasteiger partial charge is 0.375 e. The molecule has 1 N–H and O–H groups in total. The van der Waals surface area contributed by atoms with Crippen LogP contribution in [0.5, 0.6) is 0 Å². The summed E-state index contributed by atoms with van der Waals surface area (Å²) in [5.74, 6) is 0.0458. The summed E-state index contributed by atoms with van der Waals surface area (Å²) < 4.78 is 7.49. The first-order valence-corrected chi connectivity index (χ1v) is 8.07. The number of benzene rings is 1. The molecular weight excluding hydrogens is 292 g/mol. The number of rotatable bonds is 5. The van der Waals surface area contributed by atoms with Gasteiger partial charge in [0.2, 0.25) is 5.91 Å². The Balaban J connectivity index is 1.47. The number of ether oxygens (including phenoxy) is 1. The minimum Gasteiger partial charge on any atom is -0.375 e. The van der Waals surface area contributed by atoms with Gasteiger partial charge in [-0.2, -0.15) is 5.10 Å². The maximum atomic E-state index is 12.0. The number of carbonyl (C=O) groups excluding carboxylic acids is 1. The van der Waals surface area contributed by atoms with Crippen molar-refractivity contribution in [3.05, 3.63) is 42.5 Å². The van der Waals surface area contributed by atoms with Crippen molar-refractivity contribution in [1.82, 2.24) is 20.1 Å². The fourth-order valence-corrected chi connectivity index (χ4v) is 2.84. The van der Waals surface area contributed by atoms with Crippen molar-refractivity contribution in [2.45, 2.75) is 51.4 Å². The minimum absolute atomic E-state index is 0.0458. The van der Waals surface area contributed by atoms with Crippen LogP contribution in [-0.2, 0) is 16.1 Å². The maximum Gasteiger partial charge on any atom is 0.222 e. The zero-order valence-electron chi connectivity index (χ0n) is 13.3. The van der Waals surface area contributed by atoms with Crippen LogP contribution in [0, 0.1) is 0 Å². The van der Waals surface area contributed by atoms with Gasteiger partial charge in [0.25, 0.3) is 0 Å². The Hall–Kier alpha value is -2.21. The lowest BCUT2D eigenvalue weighted by molar-refractivity contribution is -0.126. The Labute approximate surface area is 135 Å². The fraction of sp³-hybridized carbons (Fsp3) is 0.471. The molecule has 122 valence electrons. The monoisotopic (exact) mass is 314 g/mol. The molecule has 6 heteroatoms. The molecule has 1 aromatic carbocycles. The third-order valence-corrected chi connectivity index (χ3v) is 4.08. The van der Waals surface area contributed by atoms with Crippen LogP contribution in [0.3, 0.4) is 0 Å². The van der Waals surface area contributed by atoms with E-state index >= 15 is 0 Å². The molecule has 2 heterocycles. The van der Waals surface area contributed by atoms with Crippen LogP contribution < -0.4 is 5.32 Å². The molecule has 1 saturated heterocycles. The summed E-state index contributed by atoms with van der Waals surface area (Å²) in [6.07, 6.45) is 7.15. The van der Waals surface area contributed by atoms with E-state index < -0.39 is 0 Å². The summed E-state index contributed by atoms with van der Waals surface area (Å²) in [6.45, 7) is 2.60. The number of nitrogens with one attached hydrogen (secondary N) is 1. The molecular formula is C17H22N4O2. The lowest BCUT2D eigenvalue weighted by Gasteiger charge is -2.27. The molecule has 0 bridgehead atoms. The molecule has 0 unspecified atom stereocenters. The molecule has 3 rings (SSSR count). The molecule has 6 nitrogen and oxygen atoms in total. The van der Waals surface area contributed by atoms with Gasteiger partial charge in [0, 0.05) is 6.54 Å². The number of aromatic nitrogens is 3. The van der Waals surface area contributed by atoms with Gasteiger partial charge in [-0.3, -0.25) is 4.79 Å². The summed E-state index contributed by atoms with van der Waals surface area (Å²) in [7, 11) is 0. The average molecular weight is 314 g/mol. The normalized spacial score (nSPS) is 21.1. The highest BCUT2D eigenvalue weighted by Crippen LogP contribution is 2.20. The van der Waals surface area contributed by atoms with Gasteiger partial charge in [-0.05, 0) is 43.9 Å². The highest BCUT2D eigenvalue weighted by molar-refractivity contribution is 5.76. The average Bonchev–Trinajstić information content (AvgIpc) is 3.08. The smallest absolute Gasteiger partial charge is 0.222 e. The van der Waals surface area contributed by atoms with Crippen LogP contribution in [-0.4, -0.2) is 32.9 Å². The van der Waals surface area contributed by atoms with Crippen LogP contribution in [0.25, 0.3) is 5.69 Å². The summed E-state index contributed by atoms with van der Waals surface area (Å²) in [6, 6.07) is 7.89. The molecule has 0 aliphatic carbocycles. The van der Waals surface area contributed by atoms with Gasteiger partial charge < -0.3 is 10.1 Å². The van der Waals surface area contributed by atoms with Crippen LogP contribution in [0.1, 0.15) is 38.2 Å². The molecule has 23 heavy (non-hydrogen) atoms. The first kappa shape index (κ1) is 15.7. The molecule has 1 amide bonds. The van der Waals surface area contributed by atoms with E-state index in [2.05, 4.69) is 22.3 Å². The van der Waals surface area contributed by atoms with E-state index in [1.807, 2.05) is 24.3 Å². The van der Waals surface area contributed by atoms with Gasteiger partial charge >= 0.3 is 0 Å². The van der Waals surface area contributed by atoms with Crippen molar-refractivity contribution in [2.24, 2.45) is 0 Å². The lowest BCUT2D eigenvalue weighted by Crippen LogP contribution is -2.32. The SMILES string of the molecule is C[C@@H]1CCC[C@H](CC(=O)NCc2ccc(-n3cncn3)cc2)O1. The third kappa shape index (κ3) is 4.39. The predicted octanol–water partition coefficient (Wildman–Crippen LogP) is 2.23. The van der Waals surface area contributed by atoms with Crippen molar-refractivity contribution in [3.63, 3.8) is 0 Å². The van der Waals surface area contributed by atoms with Gasteiger partial charge in [0.1, 0.15) is 12.7 Å². The Morgan fingerprint density at radius 2 is 2.17 bits per heavy atom. The minimum atomic E-state index is 0.0458. The summed E-state index contributed by atoms with van der Waals surface area (Å²) in [5.41, 5.74) is 2.00. The second-order valence-corrected chi connectivity index (χ2v) is 5.99. The van der Waals surface area contributed by atoms with E-state index in [1.54, 1.807) is 11.0 Å².